The number of urea groups is 1. The van der Waals surface area contributed by atoms with Gasteiger partial charge >= 0.3 is 6.03 Å². The molecule has 1 aliphatic rings. The number of benzene rings is 1. The van der Waals surface area contributed by atoms with Crippen LogP contribution in [0.25, 0.3) is 0 Å². The molecule has 1 fully saturated rings. The summed E-state index contributed by atoms with van der Waals surface area (Å²) in [6.45, 7) is 1.60. The van der Waals surface area contributed by atoms with E-state index in [2.05, 4.69) is 5.32 Å². The summed E-state index contributed by atoms with van der Waals surface area (Å²) in [5.74, 6) is -1.31. The van der Waals surface area contributed by atoms with Gasteiger partial charge in [0, 0.05) is 13.6 Å². The summed E-state index contributed by atoms with van der Waals surface area (Å²) < 4.78 is 13.1. The van der Waals surface area contributed by atoms with Crippen LogP contribution < -0.4 is 5.32 Å². The second-order valence-corrected chi connectivity index (χ2v) is 7.11. The molecule has 1 saturated heterocycles. The highest BCUT2D eigenvalue weighted by Gasteiger charge is 2.49. The molecule has 4 amide bonds. The highest BCUT2D eigenvalue weighted by Crippen LogP contribution is 2.28. The fourth-order valence-electron chi connectivity index (χ4n) is 2.82. The number of carbonyl (C=O) groups is 3. The molecule has 8 heteroatoms. The van der Waals surface area contributed by atoms with E-state index in [1.165, 1.54) is 40.5 Å². The van der Waals surface area contributed by atoms with Crippen molar-refractivity contribution < 1.29 is 18.8 Å². The molecular formula is C18H18FN3O3S. The molecule has 1 unspecified atom stereocenters. The number of likely N-dealkylation sites (N-methyl/N-ethyl adjacent to an activating group) is 1. The molecule has 2 aromatic rings. The minimum atomic E-state index is -1.32. The van der Waals surface area contributed by atoms with Gasteiger partial charge in [-0.2, -0.15) is 11.3 Å². The monoisotopic (exact) mass is 375 g/mol. The van der Waals surface area contributed by atoms with E-state index in [-0.39, 0.29) is 12.5 Å². The predicted octanol–water partition coefficient (Wildman–Crippen LogP) is 2.31. The number of imide groups is 1. The SMILES string of the molecule is CN(Cc1ccsc1)C(=O)CN1C(=O)NC(C)(c2ccc(F)cc2)C1=O. The molecule has 0 radical (unpaired) electrons. The summed E-state index contributed by atoms with van der Waals surface area (Å²) in [6.07, 6.45) is 0. The summed E-state index contributed by atoms with van der Waals surface area (Å²) in [4.78, 5) is 39.8. The molecule has 1 aromatic carbocycles. The van der Waals surface area contributed by atoms with Crippen LogP contribution >= 0.6 is 11.3 Å². The van der Waals surface area contributed by atoms with Crippen molar-refractivity contribution in [3.63, 3.8) is 0 Å². The van der Waals surface area contributed by atoms with E-state index < -0.39 is 23.3 Å². The van der Waals surface area contributed by atoms with Gasteiger partial charge in [0.05, 0.1) is 0 Å². The lowest BCUT2D eigenvalue weighted by Crippen LogP contribution is -2.43. The fraction of sp³-hybridized carbons (Fsp3) is 0.278. The Hall–Kier alpha value is -2.74. The molecule has 3 rings (SSSR count). The third-order valence-electron chi connectivity index (χ3n) is 4.42. The number of halogens is 1. The van der Waals surface area contributed by atoms with Crippen LogP contribution in [0.15, 0.2) is 41.1 Å². The largest absolute Gasteiger partial charge is 0.340 e. The Morgan fingerprint density at radius 1 is 1.27 bits per heavy atom. The maximum absolute atomic E-state index is 13.1. The van der Waals surface area contributed by atoms with E-state index in [0.29, 0.717) is 12.1 Å². The fourth-order valence-corrected chi connectivity index (χ4v) is 3.48. The van der Waals surface area contributed by atoms with Gasteiger partial charge in [-0.05, 0) is 47.0 Å². The molecular weight excluding hydrogens is 357 g/mol. The summed E-state index contributed by atoms with van der Waals surface area (Å²) in [6, 6.07) is 6.61. The van der Waals surface area contributed by atoms with Crippen LogP contribution in [0, 0.1) is 5.82 Å². The van der Waals surface area contributed by atoms with Crippen LogP contribution in [-0.4, -0.2) is 41.2 Å². The lowest BCUT2D eigenvalue weighted by atomic mass is 9.92. The number of rotatable bonds is 5. The lowest BCUT2D eigenvalue weighted by molar-refractivity contribution is -0.138. The summed E-state index contributed by atoms with van der Waals surface area (Å²) in [7, 11) is 1.62. The Bertz CT molecular complexity index is 838. The molecule has 0 saturated carbocycles. The minimum absolute atomic E-state index is 0.344. The van der Waals surface area contributed by atoms with Crippen molar-refractivity contribution in [2.24, 2.45) is 0 Å². The van der Waals surface area contributed by atoms with Gasteiger partial charge in [-0.3, -0.25) is 14.5 Å². The molecule has 0 aliphatic carbocycles. The molecule has 0 bridgehead atoms. The zero-order valence-electron chi connectivity index (χ0n) is 14.4. The third kappa shape index (κ3) is 3.32. The first kappa shape index (κ1) is 18.1. The van der Waals surface area contributed by atoms with Gasteiger partial charge in [0.1, 0.15) is 17.9 Å². The molecule has 2 heterocycles. The third-order valence-corrected chi connectivity index (χ3v) is 5.15. The lowest BCUT2D eigenvalue weighted by Gasteiger charge is -2.23. The van der Waals surface area contributed by atoms with Crippen molar-refractivity contribution in [2.75, 3.05) is 13.6 Å². The normalized spacial score (nSPS) is 19.6. The highest BCUT2D eigenvalue weighted by atomic mass is 32.1. The second kappa shape index (κ2) is 6.87. The Morgan fingerprint density at radius 2 is 1.96 bits per heavy atom. The number of hydrogen-bond donors (Lipinski definition) is 1. The highest BCUT2D eigenvalue weighted by molar-refractivity contribution is 7.07. The molecule has 1 atom stereocenters. The number of hydrogen-bond acceptors (Lipinski definition) is 4. The molecule has 136 valence electrons. The van der Waals surface area contributed by atoms with E-state index in [9.17, 15) is 18.8 Å². The van der Waals surface area contributed by atoms with Crippen LogP contribution in [-0.2, 0) is 21.7 Å². The Kier molecular flexibility index (Phi) is 4.78. The first-order chi connectivity index (χ1) is 12.3. The summed E-state index contributed by atoms with van der Waals surface area (Å²) in [5, 5.41) is 6.45. The van der Waals surface area contributed by atoms with Crippen LogP contribution in [0.2, 0.25) is 0 Å². The van der Waals surface area contributed by atoms with Crippen molar-refractivity contribution in [1.82, 2.24) is 15.1 Å². The molecule has 6 nitrogen and oxygen atoms in total. The van der Waals surface area contributed by atoms with Gasteiger partial charge < -0.3 is 10.2 Å². The maximum atomic E-state index is 13.1. The Balaban J connectivity index is 1.72. The van der Waals surface area contributed by atoms with Crippen molar-refractivity contribution in [2.45, 2.75) is 19.0 Å². The average molecular weight is 375 g/mol. The van der Waals surface area contributed by atoms with Gasteiger partial charge in [-0.15, -0.1) is 0 Å². The molecule has 1 N–H and O–H groups in total. The van der Waals surface area contributed by atoms with Gasteiger partial charge in [-0.25, -0.2) is 9.18 Å². The van der Waals surface area contributed by atoms with E-state index in [4.69, 9.17) is 0 Å². The van der Waals surface area contributed by atoms with Crippen molar-refractivity contribution >= 4 is 29.2 Å². The first-order valence-corrected chi connectivity index (χ1v) is 8.91. The van der Waals surface area contributed by atoms with E-state index in [1.807, 2.05) is 16.8 Å². The zero-order valence-corrected chi connectivity index (χ0v) is 15.2. The topological polar surface area (TPSA) is 69.7 Å². The maximum Gasteiger partial charge on any atom is 0.325 e. The summed E-state index contributed by atoms with van der Waals surface area (Å²) in [5.41, 5.74) is 0.120. The van der Waals surface area contributed by atoms with Gasteiger partial charge in [0.15, 0.2) is 0 Å². The van der Waals surface area contributed by atoms with Crippen molar-refractivity contribution in [1.29, 1.82) is 0 Å². The first-order valence-electron chi connectivity index (χ1n) is 7.96. The average Bonchev–Trinajstić information content (AvgIpc) is 3.18. The van der Waals surface area contributed by atoms with Crippen LogP contribution in [0.5, 0.6) is 0 Å². The standard InChI is InChI=1S/C18H18FN3O3S/c1-18(13-3-5-14(19)6-4-13)16(24)22(17(25)20-18)10-15(23)21(2)9-12-7-8-26-11-12/h3-8,11H,9-10H2,1-2H3,(H,20,25). The van der Waals surface area contributed by atoms with E-state index in [1.54, 1.807) is 14.0 Å². The predicted molar refractivity (Wildman–Crippen MR) is 94.8 cm³/mol. The quantitative estimate of drug-likeness (QED) is 0.816. The van der Waals surface area contributed by atoms with E-state index in [0.717, 1.165) is 10.5 Å². The van der Waals surface area contributed by atoms with Crippen LogP contribution in [0.1, 0.15) is 18.1 Å². The molecule has 1 aliphatic heterocycles. The number of amides is 4. The van der Waals surface area contributed by atoms with Crippen molar-refractivity contribution in [3.8, 4) is 0 Å². The number of thiophene rings is 1. The van der Waals surface area contributed by atoms with Crippen LogP contribution in [0.4, 0.5) is 9.18 Å². The van der Waals surface area contributed by atoms with Gasteiger partial charge in [0.2, 0.25) is 5.91 Å². The molecule has 1 aromatic heterocycles. The second-order valence-electron chi connectivity index (χ2n) is 6.33. The Labute approximate surface area is 154 Å². The molecule has 26 heavy (non-hydrogen) atoms. The smallest absolute Gasteiger partial charge is 0.325 e. The number of nitrogens with one attached hydrogen (secondary N) is 1. The van der Waals surface area contributed by atoms with Gasteiger partial charge in [0.25, 0.3) is 5.91 Å². The van der Waals surface area contributed by atoms with Crippen LogP contribution in [0.3, 0.4) is 0 Å². The Morgan fingerprint density at radius 3 is 2.58 bits per heavy atom. The summed E-state index contributed by atoms with van der Waals surface area (Å²) >= 11 is 1.53. The minimum Gasteiger partial charge on any atom is -0.340 e. The van der Waals surface area contributed by atoms with E-state index >= 15 is 0 Å². The number of carbonyl (C=O) groups excluding carboxylic acids is 3. The van der Waals surface area contributed by atoms with Crippen molar-refractivity contribution in [3.05, 3.63) is 58.0 Å². The molecule has 0 spiro atoms. The zero-order chi connectivity index (χ0) is 18.9. The number of nitrogens with zero attached hydrogens (tertiary/aromatic N) is 2. The van der Waals surface area contributed by atoms with Gasteiger partial charge in [-0.1, -0.05) is 12.1 Å².